The minimum atomic E-state index is -4.45. The highest BCUT2D eigenvalue weighted by atomic mass is 19.4. The van der Waals surface area contributed by atoms with Crippen LogP contribution in [0.25, 0.3) is 22.5 Å². The van der Waals surface area contributed by atoms with Crippen molar-refractivity contribution in [1.82, 2.24) is 9.97 Å². The molecule has 0 fully saturated rings. The van der Waals surface area contributed by atoms with Gasteiger partial charge in [-0.25, -0.2) is 0 Å². The zero-order chi connectivity index (χ0) is 30.3. The summed E-state index contributed by atoms with van der Waals surface area (Å²) in [4.78, 5) is 10.5. The lowest BCUT2D eigenvalue weighted by atomic mass is 9.67. The first-order chi connectivity index (χ1) is 21.3. The maximum absolute atomic E-state index is 13.7. The molecular formula is C39H29F3N2. The number of rotatable bonds is 4. The molecule has 0 radical (unpaired) electrons. The van der Waals surface area contributed by atoms with Crippen LogP contribution in [-0.4, -0.2) is 9.97 Å². The predicted molar refractivity (Wildman–Crippen MR) is 168 cm³/mol. The Morgan fingerprint density at radius 2 is 1.05 bits per heavy atom. The van der Waals surface area contributed by atoms with Gasteiger partial charge in [-0.2, -0.15) is 13.2 Å². The molecule has 216 valence electrons. The molecule has 0 unspecified atom stereocenters. The van der Waals surface area contributed by atoms with Crippen molar-refractivity contribution < 1.29 is 13.2 Å². The van der Waals surface area contributed by atoms with Crippen LogP contribution in [0.1, 0.15) is 44.8 Å². The van der Waals surface area contributed by atoms with Gasteiger partial charge in [0.2, 0.25) is 0 Å². The molecule has 0 atom stereocenters. The van der Waals surface area contributed by atoms with Gasteiger partial charge in [-0.1, -0.05) is 96.6 Å². The lowest BCUT2D eigenvalue weighted by molar-refractivity contribution is -0.137. The number of hydrogen-bond donors (Lipinski definition) is 0. The Labute approximate surface area is 254 Å². The van der Waals surface area contributed by atoms with Crippen LogP contribution in [0.3, 0.4) is 0 Å². The Hall–Kier alpha value is -5.03. The maximum atomic E-state index is 13.7. The van der Waals surface area contributed by atoms with E-state index in [4.69, 9.17) is 9.97 Å². The topological polar surface area (TPSA) is 25.8 Å². The average molecular weight is 583 g/mol. The molecule has 7 rings (SSSR count). The Morgan fingerprint density at radius 3 is 1.59 bits per heavy atom. The maximum Gasteiger partial charge on any atom is 0.416 e. The molecule has 1 aliphatic rings. The summed E-state index contributed by atoms with van der Waals surface area (Å²) in [7, 11) is 0. The van der Waals surface area contributed by atoms with Gasteiger partial charge in [-0.05, 0) is 84.5 Å². The van der Waals surface area contributed by atoms with Crippen LogP contribution in [-0.2, 0) is 24.4 Å². The lowest BCUT2D eigenvalue weighted by Gasteiger charge is -2.36. The third-order valence-corrected chi connectivity index (χ3v) is 8.57. The Kier molecular flexibility index (Phi) is 6.89. The molecule has 44 heavy (non-hydrogen) atoms. The molecule has 2 nitrogen and oxygen atoms in total. The van der Waals surface area contributed by atoms with E-state index in [-0.39, 0.29) is 0 Å². The highest BCUT2D eigenvalue weighted by Crippen LogP contribution is 2.49. The molecule has 0 spiro atoms. The van der Waals surface area contributed by atoms with Crippen LogP contribution >= 0.6 is 0 Å². The lowest BCUT2D eigenvalue weighted by Crippen LogP contribution is -2.34. The van der Waals surface area contributed by atoms with E-state index in [1.807, 2.05) is 42.5 Å². The highest BCUT2D eigenvalue weighted by Gasteiger charge is 2.45. The number of halogens is 3. The summed E-state index contributed by atoms with van der Waals surface area (Å²) >= 11 is 0. The molecule has 5 heteroatoms. The number of pyridine rings is 2. The van der Waals surface area contributed by atoms with E-state index < -0.39 is 17.2 Å². The van der Waals surface area contributed by atoms with Gasteiger partial charge in [0, 0.05) is 11.1 Å². The molecule has 1 aliphatic carbocycles. The second-order valence-electron chi connectivity index (χ2n) is 11.3. The van der Waals surface area contributed by atoms with Crippen LogP contribution in [0.5, 0.6) is 0 Å². The molecule has 0 aliphatic heterocycles. The summed E-state index contributed by atoms with van der Waals surface area (Å²) in [6.07, 6.45) is -2.76. The number of aromatic nitrogens is 2. The first kappa shape index (κ1) is 27.8. The summed E-state index contributed by atoms with van der Waals surface area (Å²) < 4.78 is 41.1. The van der Waals surface area contributed by atoms with Gasteiger partial charge in [0.15, 0.2) is 0 Å². The molecule has 4 aromatic carbocycles. The largest absolute Gasteiger partial charge is 0.416 e. The minimum Gasteiger partial charge on any atom is -0.251 e. The van der Waals surface area contributed by atoms with Crippen LogP contribution in [0.4, 0.5) is 13.2 Å². The van der Waals surface area contributed by atoms with Gasteiger partial charge in [-0.15, -0.1) is 0 Å². The van der Waals surface area contributed by atoms with Gasteiger partial charge in [0.05, 0.1) is 28.3 Å². The second-order valence-corrected chi connectivity index (χ2v) is 11.3. The molecular weight excluding hydrogens is 553 g/mol. The molecule has 2 aromatic heterocycles. The van der Waals surface area contributed by atoms with E-state index in [0.717, 1.165) is 52.5 Å². The van der Waals surface area contributed by atoms with E-state index in [2.05, 4.69) is 67.6 Å². The van der Waals surface area contributed by atoms with Crippen LogP contribution in [0.15, 0.2) is 133 Å². The third kappa shape index (κ3) is 4.79. The van der Waals surface area contributed by atoms with Crippen molar-refractivity contribution >= 4 is 0 Å². The number of aryl methyl sites for hydroxylation is 3. The third-order valence-electron chi connectivity index (χ3n) is 8.57. The molecule has 0 amide bonds. The Morgan fingerprint density at radius 1 is 0.545 bits per heavy atom. The fourth-order valence-electron chi connectivity index (χ4n) is 6.57. The minimum absolute atomic E-state index is 0.411. The zero-order valence-corrected chi connectivity index (χ0v) is 24.1. The van der Waals surface area contributed by atoms with Crippen molar-refractivity contribution in [2.75, 3.05) is 0 Å². The summed E-state index contributed by atoms with van der Waals surface area (Å²) in [5.41, 5.74) is 8.34. The Balaban J connectivity index is 1.55. The fraction of sp³-hybridized carbons (Fsp3) is 0.128. The molecule has 2 heterocycles. The first-order valence-corrected chi connectivity index (χ1v) is 14.7. The van der Waals surface area contributed by atoms with E-state index >= 15 is 0 Å². The van der Waals surface area contributed by atoms with Crippen molar-refractivity contribution in [2.45, 2.75) is 31.4 Å². The molecule has 0 saturated carbocycles. The van der Waals surface area contributed by atoms with Crippen molar-refractivity contribution in [3.8, 4) is 22.5 Å². The number of nitrogens with zero attached hydrogens (tertiary/aromatic N) is 2. The Bertz CT molecular complexity index is 1950. The van der Waals surface area contributed by atoms with Crippen molar-refractivity contribution in [3.05, 3.63) is 178 Å². The number of benzene rings is 4. The van der Waals surface area contributed by atoms with Gasteiger partial charge in [-0.3, -0.25) is 9.97 Å². The average Bonchev–Trinajstić information content (AvgIpc) is 3.20. The number of alkyl halides is 3. The van der Waals surface area contributed by atoms with E-state index in [0.29, 0.717) is 17.0 Å². The van der Waals surface area contributed by atoms with E-state index in [9.17, 15) is 13.2 Å². The zero-order valence-electron chi connectivity index (χ0n) is 24.1. The van der Waals surface area contributed by atoms with Crippen LogP contribution in [0.2, 0.25) is 0 Å². The molecule has 0 N–H and O–H groups in total. The summed E-state index contributed by atoms with van der Waals surface area (Å²) in [5.74, 6) is 0. The standard InChI is InChI=1S/C39H29F3N2/c1-26-10-6-13-29(24-26)34-18-8-20-36(43-34)38(32-16-4-2-11-27(32)22-23-28-12-3-5-17-33(28)38)37-21-9-19-35(44-37)30-14-7-15-31(25-30)39(40,41)42/h2-21,24-25H,22-23H2,1H3. The quantitative estimate of drug-likeness (QED) is 0.207. The van der Waals surface area contributed by atoms with E-state index in [1.165, 1.54) is 23.3 Å². The van der Waals surface area contributed by atoms with Crippen LogP contribution < -0.4 is 0 Å². The van der Waals surface area contributed by atoms with Crippen molar-refractivity contribution in [2.24, 2.45) is 0 Å². The smallest absolute Gasteiger partial charge is 0.251 e. The predicted octanol–water partition coefficient (Wildman–Crippen LogP) is 9.62. The monoisotopic (exact) mass is 582 g/mol. The fourth-order valence-corrected chi connectivity index (χ4v) is 6.57. The molecule has 0 bridgehead atoms. The van der Waals surface area contributed by atoms with Gasteiger partial charge >= 0.3 is 6.18 Å². The van der Waals surface area contributed by atoms with Crippen molar-refractivity contribution in [1.29, 1.82) is 0 Å². The van der Waals surface area contributed by atoms with Crippen LogP contribution in [0, 0.1) is 6.92 Å². The second kappa shape index (κ2) is 10.9. The molecule has 0 saturated heterocycles. The highest BCUT2D eigenvalue weighted by molar-refractivity contribution is 5.67. The van der Waals surface area contributed by atoms with Gasteiger partial charge < -0.3 is 0 Å². The normalized spacial score (nSPS) is 13.9. The van der Waals surface area contributed by atoms with E-state index in [1.54, 1.807) is 12.1 Å². The van der Waals surface area contributed by atoms with Gasteiger partial charge in [0.1, 0.15) is 5.41 Å². The first-order valence-electron chi connectivity index (χ1n) is 14.7. The van der Waals surface area contributed by atoms with Crippen molar-refractivity contribution in [3.63, 3.8) is 0 Å². The summed E-state index contributed by atoms with van der Waals surface area (Å²) in [5, 5.41) is 0. The van der Waals surface area contributed by atoms with Gasteiger partial charge in [0.25, 0.3) is 0 Å². The molecule has 6 aromatic rings. The SMILES string of the molecule is Cc1cccc(-c2cccc(C3(c4cccc(-c5cccc(C(F)(F)F)c5)n4)c4ccccc4CCc4ccccc43)n2)c1. The number of fused-ring (bicyclic) bond motifs is 2. The summed E-state index contributed by atoms with van der Waals surface area (Å²) in [6.45, 7) is 2.07. The number of hydrogen-bond acceptors (Lipinski definition) is 2. The summed E-state index contributed by atoms with van der Waals surface area (Å²) in [6, 6.07) is 42.3.